The molecule has 0 aliphatic heterocycles. The fourth-order valence-electron chi connectivity index (χ4n) is 3.32. The predicted molar refractivity (Wildman–Crippen MR) is 109 cm³/mol. The number of carboxylic acids is 1. The van der Waals surface area contributed by atoms with Crippen LogP contribution in [0.1, 0.15) is 27.3 Å². The van der Waals surface area contributed by atoms with Crippen LogP contribution in [-0.4, -0.2) is 27.9 Å². The van der Waals surface area contributed by atoms with E-state index < -0.39 is 5.97 Å². The average Bonchev–Trinajstić information content (AvgIpc) is 3.45. The quantitative estimate of drug-likeness (QED) is 0.485. The van der Waals surface area contributed by atoms with Crippen LogP contribution >= 0.6 is 22.9 Å². The van der Waals surface area contributed by atoms with Gasteiger partial charge in [-0.05, 0) is 24.3 Å². The first-order valence-electron chi connectivity index (χ1n) is 8.46. The number of nitrogens with zero attached hydrogens (tertiary/aromatic N) is 4. The Kier molecular flexibility index (Phi) is 4.92. The normalized spacial score (nSPS) is 10.7. The number of ether oxygens (including phenoxy) is 1. The molecule has 30 heavy (non-hydrogen) atoms. The van der Waals surface area contributed by atoms with Crippen LogP contribution in [0.15, 0.2) is 34.9 Å². The van der Waals surface area contributed by atoms with Crippen molar-refractivity contribution in [1.29, 1.82) is 10.5 Å². The summed E-state index contributed by atoms with van der Waals surface area (Å²) in [5.41, 5.74) is 0.584. The van der Waals surface area contributed by atoms with Crippen molar-refractivity contribution in [3.05, 3.63) is 57.2 Å². The highest BCUT2D eigenvalue weighted by molar-refractivity contribution is 7.19. The average molecular weight is 439 g/mol. The van der Waals surface area contributed by atoms with E-state index in [4.69, 9.17) is 20.9 Å². The largest absolute Gasteiger partial charge is 0.496 e. The molecular weight excluding hydrogens is 428 g/mol. The van der Waals surface area contributed by atoms with Gasteiger partial charge in [-0.3, -0.25) is 0 Å². The molecular formula is C20H11ClN4O4S. The maximum Gasteiger partial charge on any atom is 0.353 e. The third-order valence-electron chi connectivity index (χ3n) is 4.52. The minimum Gasteiger partial charge on any atom is -0.496 e. The van der Waals surface area contributed by atoms with Crippen molar-refractivity contribution in [3.8, 4) is 28.5 Å². The van der Waals surface area contributed by atoms with Gasteiger partial charge in [-0.1, -0.05) is 16.8 Å². The molecule has 8 nitrogen and oxygen atoms in total. The molecule has 0 aliphatic rings. The smallest absolute Gasteiger partial charge is 0.353 e. The van der Waals surface area contributed by atoms with E-state index in [0.717, 1.165) is 4.88 Å². The second-order valence-corrected chi connectivity index (χ2v) is 7.88. The van der Waals surface area contributed by atoms with Crippen LogP contribution in [0.25, 0.3) is 21.5 Å². The SMILES string of the molecule is COc1ccc(C#N)c2c1c(C#N)c(C(=O)O)n2Cc1cc(-c2ccc(Cl)s2)on1. The number of hydrogen-bond donors (Lipinski definition) is 1. The maximum absolute atomic E-state index is 12.0. The van der Waals surface area contributed by atoms with Crippen LogP contribution in [-0.2, 0) is 6.54 Å². The van der Waals surface area contributed by atoms with Gasteiger partial charge in [0.15, 0.2) is 5.76 Å². The van der Waals surface area contributed by atoms with Gasteiger partial charge in [0, 0.05) is 6.07 Å². The van der Waals surface area contributed by atoms with Crippen LogP contribution in [0.5, 0.6) is 5.75 Å². The van der Waals surface area contributed by atoms with Gasteiger partial charge in [-0.2, -0.15) is 10.5 Å². The van der Waals surface area contributed by atoms with Gasteiger partial charge < -0.3 is 18.9 Å². The monoisotopic (exact) mass is 438 g/mol. The Morgan fingerprint density at radius 2 is 2.13 bits per heavy atom. The lowest BCUT2D eigenvalue weighted by molar-refractivity contribution is 0.0686. The van der Waals surface area contributed by atoms with Crippen molar-refractivity contribution in [2.24, 2.45) is 0 Å². The molecule has 148 valence electrons. The molecule has 1 N–H and O–H groups in total. The molecule has 0 saturated carbocycles. The van der Waals surface area contributed by atoms with E-state index in [1.807, 2.05) is 12.1 Å². The summed E-state index contributed by atoms with van der Waals surface area (Å²) in [5.74, 6) is -0.521. The minimum absolute atomic E-state index is 0.0235. The van der Waals surface area contributed by atoms with Crippen LogP contribution < -0.4 is 4.74 Å². The first-order valence-corrected chi connectivity index (χ1v) is 9.66. The van der Waals surface area contributed by atoms with E-state index in [1.54, 1.807) is 18.2 Å². The van der Waals surface area contributed by atoms with Crippen LogP contribution in [0.2, 0.25) is 4.34 Å². The number of aromatic nitrogens is 2. The van der Waals surface area contributed by atoms with Crippen molar-refractivity contribution in [2.45, 2.75) is 6.54 Å². The van der Waals surface area contributed by atoms with E-state index in [2.05, 4.69) is 5.16 Å². The Morgan fingerprint density at radius 1 is 1.33 bits per heavy atom. The molecule has 0 aliphatic carbocycles. The third kappa shape index (κ3) is 3.07. The molecule has 0 saturated heterocycles. The van der Waals surface area contributed by atoms with E-state index >= 15 is 0 Å². The van der Waals surface area contributed by atoms with Crippen molar-refractivity contribution in [3.63, 3.8) is 0 Å². The molecule has 0 amide bonds. The molecule has 1 aromatic carbocycles. The highest BCUT2D eigenvalue weighted by atomic mass is 35.5. The number of nitriles is 2. The molecule has 0 fully saturated rings. The number of aromatic carboxylic acids is 1. The molecule has 0 bridgehead atoms. The van der Waals surface area contributed by atoms with Crippen LogP contribution in [0.3, 0.4) is 0 Å². The number of hydrogen-bond acceptors (Lipinski definition) is 7. The Morgan fingerprint density at radius 3 is 2.73 bits per heavy atom. The van der Waals surface area contributed by atoms with E-state index in [9.17, 15) is 20.4 Å². The lowest BCUT2D eigenvalue weighted by Crippen LogP contribution is -2.11. The first-order chi connectivity index (χ1) is 14.5. The Labute approximate surface area is 178 Å². The number of carboxylic acid groups (broad SMARTS) is 1. The Hall–Kier alpha value is -3.79. The van der Waals surface area contributed by atoms with Gasteiger partial charge in [-0.15, -0.1) is 11.3 Å². The molecule has 10 heteroatoms. The number of rotatable bonds is 5. The number of halogens is 1. The summed E-state index contributed by atoms with van der Waals surface area (Å²) in [6, 6.07) is 12.2. The third-order valence-corrected chi connectivity index (χ3v) is 5.76. The van der Waals surface area contributed by atoms with Crippen molar-refractivity contribution >= 4 is 39.8 Å². The molecule has 3 heterocycles. The molecule has 0 spiro atoms. The lowest BCUT2D eigenvalue weighted by Gasteiger charge is -2.08. The van der Waals surface area contributed by atoms with Gasteiger partial charge in [0.25, 0.3) is 0 Å². The fraction of sp³-hybridized carbons (Fsp3) is 0.100. The number of carbonyl (C=O) groups is 1. The number of benzene rings is 1. The second-order valence-electron chi connectivity index (χ2n) is 6.16. The van der Waals surface area contributed by atoms with Crippen LogP contribution in [0, 0.1) is 22.7 Å². The summed E-state index contributed by atoms with van der Waals surface area (Å²) >= 11 is 7.28. The molecule has 4 aromatic rings. The first kappa shape index (κ1) is 19.5. The summed E-state index contributed by atoms with van der Waals surface area (Å²) in [4.78, 5) is 12.8. The Bertz CT molecular complexity index is 1390. The van der Waals surface area contributed by atoms with Gasteiger partial charge in [0.2, 0.25) is 0 Å². The standard InChI is InChI=1S/C20H11ClN4O4S/c1-28-13-3-2-10(7-22)18-17(13)12(8-23)19(20(26)27)25(18)9-11-6-14(29-24-11)15-4-5-16(21)30-15/h2-6H,9H2,1H3,(H,26,27). The lowest BCUT2D eigenvalue weighted by atomic mass is 10.1. The number of methoxy groups -OCH3 is 1. The van der Waals surface area contributed by atoms with Gasteiger partial charge in [0.1, 0.15) is 29.3 Å². The summed E-state index contributed by atoms with van der Waals surface area (Å²) in [7, 11) is 1.41. The summed E-state index contributed by atoms with van der Waals surface area (Å²) in [6.45, 7) is -0.0235. The zero-order chi connectivity index (χ0) is 21.4. The zero-order valence-electron chi connectivity index (χ0n) is 15.3. The van der Waals surface area contributed by atoms with Crippen LogP contribution in [0.4, 0.5) is 0 Å². The van der Waals surface area contributed by atoms with E-state index in [1.165, 1.54) is 35.1 Å². The van der Waals surface area contributed by atoms with Gasteiger partial charge in [-0.25, -0.2) is 4.79 Å². The van der Waals surface area contributed by atoms with E-state index in [-0.39, 0.29) is 34.3 Å². The van der Waals surface area contributed by atoms with Gasteiger partial charge >= 0.3 is 5.97 Å². The minimum atomic E-state index is -1.30. The number of fused-ring (bicyclic) bond motifs is 1. The topological polar surface area (TPSA) is 125 Å². The summed E-state index contributed by atoms with van der Waals surface area (Å²) in [6.07, 6.45) is 0. The highest BCUT2D eigenvalue weighted by Gasteiger charge is 2.27. The van der Waals surface area contributed by atoms with Gasteiger partial charge in [0.05, 0.1) is 44.9 Å². The Balaban J connectivity index is 1.93. The molecule has 4 rings (SSSR count). The predicted octanol–water partition coefficient (Wildman–Crippen LogP) is 4.51. The van der Waals surface area contributed by atoms with Crippen molar-refractivity contribution in [1.82, 2.24) is 9.72 Å². The fourth-order valence-corrected chi connectivity index (χ4v) is 4.31. The molecule has 3 aromatic heterocycles. The second kappa shape index (κ2) is 7.56. The number of thiophene rings is 1. The maximum atomic E-state index is 12.0. The summed E-state index contributed by atoms with van der Waals surface area (Å²) < 4.78 is 12.7. The molecule has 0 radical (unpaired) electrons. The zero-order valence-corrected chi connectivity index (χ0v) is 16.9. The highest BCUT2D eigenvalue weighted by Crippen LogP contribution is 2.37. The molecule has 0 atom stereocenters. The molecule has 0 unspecified atom stereocenters. The van der Waals surface area contributed by atoms with Crippen molar-refractivity contribution < 1.29 is 19.2 Å². The van der Waals surface area contributed by atoms with E-state index in [0.29, 0.717) is 21.5 Å². The summed E-state index contributed by atoms with van der Waals surface area (Å²) in [5, 5.41) is 33.4. The van der Waals surface area contributed by atoms with Crippen molar-refractivity contribution in [2.75, 3.05) is 7.11 Å².